The number of β-lactam (4-membered cyclic amide) rings is 1. The van der Waals surface area contributed by atoms with Crippen molar-refractivity contribution < 1.29 is 39.9 Å². The number of benzene rings is 3. The summed E-state index contributed by atoms with van der Waals surface area (Å²) in [6.07, 6.45) is 6.35. The smallest absolute Gasteiger partial charge is 0.326 e. The predicted molar refractivity (Wildman–Crippen MR) is 192 cm³/mol. The van der Waals surface area contributed by atoms with Crippen LogP contribution < -0.4 is 20.3 Å². The quantitative estimate of drug-likeness (QED) is 0.156. The zero-order chi connectivity index (χ0) is 36.8. The van der Waals surface area contributed by atoms with Crippen LogP contribution >= 0.6 is 11.8 Å². The van der Waals surface area contributed by atoms with Gasteiger partial charge in [0.25, 0.3) is 5.91 Å². The highest BCUT2D eigenvalue weighted by molar-refractivity contribution is 8.00. The number of amides is 3. The van der Waals surface area contributed by atoms with Crippen LogP contribution in [0, 0.1) is 11.7 Å². The first-order valence-corrected chi connectivity index (χ1v) is 18.6. The number of aliphatic carboxylic acids is 1. The normalized spacial score (nSPS) is 20.7. The molecular formula is C39H44FN3O7S. The molecule has 3 aromatic carbocycles. The van der Waals surface area contributed by atoms with Gasteiger partial charge in [0.15, 0.2) is 6.61 Å². The van der Waals surface area contributed by atoms with Crippen LogP contribution in [0.3, 0.4) is 0 Å². The highest BCUT2D eigenvalue weighted by atomic mass is 32.2. The molecule has 0 spiro atoms. The number of anilines is 1. The number of nitrogens with one attached hydrogen (secondary N) is 2. The number of carbonyl (C=O) groups is 4. The molecule has 1 unspecified atom stereocenters. The summed E-state index contributed by atoms with van der Waals surface area (Å²) in [7, 11) is 0. The Labute approximate surface area is 302 Å². The Morgan fingerprint density at radius 3 is 2.41 bits per heavy atom. The Balaban J connectivity index is 1.03. The number of aryl methyl sites for hydroxylation is 2. The Morgan fingerprint density at radius 2 is 1.69 bits per heavy atom. The third-order valence-electron chi connectivity index (χ3n) is 9.82. The van der Waals surface area contributed by atoms with Crippen LogP contribution in [0.4, 0.5) is 10.1 Å². The lowest BCUT2D eigenvalue weighted by Gasteiger charge is -2.47. The molecule has 3 aromatic rings. The first kappa shape index (κ1) is 35.0. The number of aliphatic hydroxyl groups is 1. The number of thioether (sulfide) groups is 1. The van der Waals surface area contributed by atoms with E-state index in [1.54, 1.807) is 41.3 Å². The van der Waals surface area contributed by atoms with E-state index in [0.29, 0.717) is 30.0 Å². The van der Waals surface area contributed by atoms with Crippen molar-refractivity contribution >= 4 is 41.1 Å². The van der Waals surface area contributed by atoms with Gasteiger partial charge in [-0.05, 0) is 90.2 Å². The van der Waals surface area contributed by atoms with Crippen LogP contribution in [0.15, 0.2) is 66.7 Å². The molecule has 1 aliphatic heterocycles. The van der Waals surface area contributed by atoms with E-state index in [1.165, 1.54) is 35.0 Å². The number of halogens is 1. The lowest BCUT2D eigenvalue weighted by molar-refractivity contribution is -0.142. The van der Waals surface area contributed by atoms with Crippen molar-refractivity contribution in [1.82, 2.24) is 10.6 Å². The number of fused-ring (bicyclic) bond motifs is 1. The Bertz CT molecular complexity index is 1770. The molecule has 2 fully saturated rings. The maximum Gasteiger partial charge on any atom is 0.326 e. The molecular weight excluding hydrogens is 674 g/mol. The van der Waals surface area contributed by atoms with Gasteiger partial charge in [-0.2, -0.15) is 0 Å². The monoisotopic (exact) mass is 718 g/mol. The fraction of sp³-hybridized carbons (Fsp3) is 0.436. The van der Waals surface area contributed by atoms with Gasteiger partial charge in [0, 0.05) is 12.8 Å². The first-order valence-electron chi connectivity index (χ1n) is 18.0. The Morgan fingerprint density at radius 1 is 0.961 bits per heavy atom. The first-order chi connectivity index (χ1) is 25.0. The van der Waals surface area contributed by atoms with Crippen molar-refractivity contribution in [3.63, 3.8) is 0 Å². The number of rotatable bonds is 15. The third kappa shape index (κ3) is 9.09. The van der Waals surface area contributed by atoms with E-state index in [4.69, 9.17) is 6.11 Å². The SMILES string of the molecule is [2H]C1(C[C@H](NC(=O)CNC(=O)COc2ccc([C@@H]3[C@@H](SCC(O)c4ccc5c(c4)CCC5)C(=O)N3c3ccc(F)cc3)cc2)C(=O)O)CCCCC1. The Hall–Kier alpha value is -4.42. The molecule has 2 aliphatic carbocycles. The number of carboxylic acids is 1. The van der Waals surface area contributed by atoms with Gasteiger partial charge in [-0.3, -0.25) is 14.4 Å². The Kier molecular flexibility index (Phi) is 11.5. The van der Waals surface area contributed by atoms with Gasteiger partial charge in [-0.15, -0.1) is 11.8 Å². The summed E-state index contributed by atoms with van der Waals surface area (Å²) in [6, 6.07) is 17.1. The van der Waals surface area contributed by atoms with Gasteiger partial charge < -0.3 is 30.5 Å². The molecule has 10 nitrogen and oxygen atoms in total. The summed E-state index contributed by atoms with van der Waals surface area (Å²) < 4.78 is 27.9. The standard InChI is InChI=1S/C39H44FN3O7S/c40-29-13-15-30(16-14-29)43-36(37(38(43)47)51-23-33(44)28-10-9-25-7-4-8-27(25)20-28)26-11-17-31(18-12-26)50-22-35(46)41-21-34(45)42-32(39(48)49)19-24-5-2-1-3-6-24/h9-18,20,24,32-33,36-37,44H,1-8,19,21-23H2,(H,41,46)(H,42,45)(H,48,49)/t32-,33?,36+,37+/m0/s1/i24D. The lowest BCUT2D eigenvalue weighted by atomic mass is 9.85. The fourth-order valence-electron chi connectivity index (χ4n) is 7.06. The largest absolute Gasteiger partial charge is 0.484 e. The number of nitrogens with zero attached hydrogens (tertiary/aromatic N) is 1. The van der Waals surface area contributed by atoms with Gasteiger partial charge in [-0.25, -0.2) is 9.18 Å². The van der Waals surface area contributed by atoms with E-state index in [2.05, 4.69) is 22.8 Å². The number of carbonyl (C=O) groups excluding carboxylic acids is 3. The highest BCUT2D eigenvalue weighted by Crippen LogP contribution is 2.46. The zero-order valence-corrected chi connectivity index (χ0v) is 29.1. The summed E-state index contributed by atoms with van der Waals surface area (Å²) in [6.45, 7) is -0.835. The maximum atomic E-state index is 13.7. The summed E-state index contributed by atoms with van der Waals surface area (Å²) in [4.78, 5) is 51.8. The number of hydrogen-bond acceptors (Lipinski definition) is 7. The minimum Gasteiger partial charge on any atom is -0.484 e. The molecule has 12 heteroatoms. The van der Waals surface area contributed by atoms with Crippen molar-refractivity contribution in [2.24, 2.45) is 5.89 Å². The van der Waals surface area contributed by atoms with Crippen molar-refractivity contribution in [2.75, 3.05) is 23.8 Å². The predicted octanol–water partition coefficient (Wildman–Crippen LogP) is 5.27. The van der Waals surface area contributed by atoms with E-state index in [-0.39, 0.29) is 12.3 Å². The van der Waals surface area contributed by atoms with E-state index < -0.39 is 66.1 Å². The number of hydrogen-bond donors (Lipinski definition) is 4. The number of ether oxygens (including phenoxy) is 1. The molecule has 3 amide bonds. The molecule has 4 N–H and O–H groups in total. The molecule has 270 valence electrons. The van der Waals surface area contributed by atoms with Crippen LogP contribution in [0.1, 0.15) is 80.7 Å². The van der Waals surface area contributed by atoms with E-state index >= 15 is 0 Å². The van der Waals surface area contributed by atoms with E-state index in [0.717, 1.165) is 49.7 Å². The van der Waals surface area contributed by atoms with Crippen molar-refractivity contribution in [2.45, 2.75) is 81.2 Å². The van der Waals surface area contributed by atoms with Gasteiger partial charge in [0.05, 0.1) is 18.7 Å². The summed E-state index contributed by atoms with van der Waals surface area (Å²) in [5.41, 5.74) is 4.76. The molecule has 3 aliphatic rings. The van der Waals surface area contributed by atoms with Crippen LogP contribution in [0.25, 0.3) is 0 Å². The molecule has 1 saturated heterocycles. The summed E-state index contributed by atoms with van der Waals surface area (Å²) >= 11 is 1.38. The molecule has 51 heavy (non-hydrogen) atoms. The highest BCUT2D eigenvalue weighted by Gasteiger charge is 2.49. The topological polar surface area (TPSA) is 145 Å². The second-order valence-corrected chi connectivity index (χ2v) is 14.6. The summed E-state index contributed by atoms with van der Waals surface area (Å²) in [5, 5.41) is 25.0. The van der Waals surface area contributed by atoms with Crippen molar-refractivity contribution in [3.05, 3.63) is 94.8 Å². The lowest BCUT2D eigenvalue weighted by Crippen LogP contribution is -2.57. The average Bonchev–Trinajstić information content (AvgIpc) is 3.61. The van der Waals surface area contributed by atoms with Crippen molar-refractivity contribution in [3.8, 4) is 5.75 Å². The molecule has 0 aromatic heterocycles. The van der Waals surface area contributed by atoms with E-state index in [1.807, 2.05) is 6.07 Å². The molecule has 0 radical (unpaired) electrons. The van der Waals surface area contributed by atoms with Gasteiger partial charge in [0.1, 0.15) is 22.9 Å². The van der Waals surface area contributed by atoms with Crippen LogP contribution in [0.5, 0.6) is 5.75 Å². The number of aliphatic hydroxyl groups excluding tert-OH is 1. The molecule has 1 saturated carbocycles. The van der Waals surface area contributed by atoms with Crippen LogP contribution in [-0.4, -0.2) is 64.1 Å². The van der Waals surface area contributed by atoms with Gasteiger partial charge in [-0.1, -0.05) is 62.4 Å². The molecule has 1 heterocycles. The van der Waals surface area contributed by atoms with E-state index in [9.17, 15) is 33.8 Å². The molecule has 4 atom stereocenters. The van der Waals surface area contributed by atoms with Gasteiger partial charge in [0.2, 0.25) is 11.8 Å². The fourth-order valence-corrected chi connectivity index (χ4v) is 8.36. The minimum absolute atomic E-state index is 0.00827. The number of carboxylic acid groups (broad SMARTS) is 1. The average molecular weight is 719 g/mol. The minimum atomic E-state index is -1.22. The van der Waals surface area contributed by atoms with Gasteiger partial charge >= 0.3 is 5.97 Å². The van der Waals surface area contributed by atoms with Crippen LogP contribution in [-0.2, 0) is 32.0 Å². The molecule has 0 bridgehead atoms. The second kappa shape index (κ2) is 16.7. The third-order valence-corrected chi connectivity index (χ3v) is 11.1. The zero-order valence-electron chi connectivity index (χ0n) is 29.3. The van der Waals surface area contributed by atoms with Crippen LogP contribution in [0.2, 0.25) is 0 Å². The van der Waals surface area contributed by atoms with Crippen molar-refractivity contribution in [1.29, 1.82) is 0 Å². The summed E-state index contributed by atoms with van der Waals surface area (Å²) in [5.74, 6) is -3.22. The second-order valence-electron chi connectivity index (χ2n) is 13.4. The molecule has 6 rings (SSSR count). The maximum absolute atomic E-state index is 13.7.